The molecule has 0 aliphatic carbocycles. The molecule has 112 valence electrons. The van der Waals surface area contributed by atoms with Crippen LogP contribution in [0, 0.1) is 0 Å². The monoisotopic (exact) mass is 328 g/mol. The van der Waals surface area contributed by atoms with Crippen molar-refractivity contribution in [2.75, 3.05) is 5.75 Å². The van der Waals surface area contributed by atoms with Crippen molar-refractivity contribution in [1.82, 2.24) is 4.98 Å². The molecule has 0 amide bonds. The van der Waals surface area contributed by atoms with Crippen molar-refractivity contribution in [2.24, 2.45) is 4.99 Å². The highest BCUT2D eigenvalue weighted by Crippen LogP contribution is 2.32. The maximum atomic E-state index is 9.74. The summed E-state index contributed by atoms with van der Waals surface area (Å²) >= 11 is 3.50. The van der Waals surface area contributed by atoms with E-state index in [4.69, 9.17) is 0 Å². The molecule has 0 aliphatic heterocycles. The van der Waals surface area contributed by atoms with Gasteiger partial charge in [0.2, 0.25) is 0 Å². The van der Waals surface area contributed by atoms with Crippen LogP contribution in [0.2, 0.25) is 0 Å². The van der Waals surface area contributed by atoms with Crippen molar-refractivity contribution in [3.8, 4) is 5.75 Å². The van der Waals surface area contributed by atoms with Crippen LogP contribution in [0.15, 0.2) is 51.8 Å². The number of thiazole rings is 1. The molecule has 0 aliphatic rings. The minimum absolute atomic E-state index is 0.239. The number of hydrogen-bond donors (Lipinski definition) is 1. The summed E-state index contributed by atoms with van der Waals surface area (Å²) in [5.41, 5.74) is 2.60. The summed E-state index contributed by atoms with van der Waals surface area (Å²) in [5.74, 6) is 1.33. The Bertz CT molecular complexity index is 811. The molecule has 3 aromatic rings. The Morgan fingerprint density at radius 3 is 2.95 bits per heavy atom. The Labute approximate surface area is 137 Å². The summed E-state index contributed by atoms with van der Waals surface area (Å²) < 4.78 is 2.25. The predicted molar refractivity (Wildman–Crippen MR) is 96.0 cm³/mol. The number of phenolic OH excluding ortho intramolecular Hbond substituents is 1. The zero-order valence-corrected chi connectivity index (χ0v) is 13.8. The Kier molecular flexibility index (Phi) is 4.75. The van der Waals surface area contributed by atoms with E-state index in [1.54, 1.807) is 41.4 Å². The molecule has 3 nitrogen and oxygen atoms in total. The van der Waals surface area contributed by atoms with Crippen LogP contribution in [0.5, 0.6) is 5.75 Å². The van der Waals surface area contributed by atoms with E-state index in [0.29, 0.717) is 5.56 Å². The topological polar surface area (TPSA) is 45.5 Å². The normalized spacial score (nSPS) is 11.5. The van der Waals surface area contributed by atoms with Crippen LogP contribution in [0.3, 0.4) is 0 Å². The van der Waals surface area contributed by atoms with Gasteiger partial charge >= 0.3 is 0 Å². The lowest BCUT2D eigenvalue weighted by Gasteiger charge is -1.97. The fraction of sp³-hybridized carbons (Fsp3) is 0.176. The second-order valence-corrected chi connectivity index (χ2v) is 7.17. The number of fused-ring (bicyclic) bond motifs is 1. The third-order valence-corrected chi connectivity index (χ3v) is 5.44. The van der Waals surface area contributed by atoms with Crippen molar-refractivity contribution < 1.29 is 5.11 Å². The zero-order valence-electron chi connectivity index (χ0n) is 12.2. The quantitative estimate of drug-likeness (QED) is 0.513. The van der Waals surface area contributed by atoms with Crippen LogP contribution in [0.1, 0.15) is 18.9 Å². The molecule has 0 saturated heterocycles. The highest BCUT2D eigenvalue weighted by molar-refractivity contribution is 8.01. The average Bonchev–Trinajstić information content (AvgIpc) is 2.94. The molecule has 1 N–H and O–H groups in total. The second kappa shape index (κ2) is 6.94. The lowest BCUT2D eigenvalue weighted by molar-refractivity contribution is 0.474. The van der Waals surface area contributed by atoms with Gasteiger partial charge in [0.25, 0.3) is 0 Å². The first kappa shape index (κ1) is 15.1. The van der Waals surface area contributed by atoms with Crippen LogP contribution in [-0.2, 0) is 0 Å². The molecule has 0 atom stereocenters. The van der Waals surface area contributed by atoms with Gasteiger partial charge in [-0.3, -0.25) is 4.99 Å². The van der Waals surface area contributed by atoms with Gasteiger partial charge in [0.1, 0.15) is 5.75 Å². The van der Waals surface area contributed by atoms with E-state index in [1.807, 2.05) is 30.3 Å². The molecule has 0 fully saturated rings. The summed E-state index contributed by atoms with van der Waals surface area (Å²) in [4.78, 5) is 9.06. The molecule has 0 saturated carbocycles. The lowest BCUT2D eigenvalue weighted by atomic mass is 10.2. The van der Waals surface area contributed by atoms with Gasteiger partial charge in [0.15, 0.2) is 4.34 Å². The van der Waals surface area contributed by atoms with Gasteiger partial charge in [-0.05, 0) is 36.8 Å². The fourth-order valence-electron chi connectivity index (χ4n) is 1.96. The minimum atomic E-state index is 0.239. The number of para-hydroxylation sites is 1. The summed E-state index contributed by atoms with van der Waals surface area (Å²) in [6.07, 6.45) is 2.83. The number of benzene rings is 2. The van der Waals surface area contributed by atoms with Gasteiger partial charge in [-0.25, -0.2) is 4.98 Å². The number of rotatable bonds is 5. The summed E-state index contributed by atoms with van der Waals surface area (Å²) in [6, 6.07) is 13.2. The molecule has 0 unspecified atom stereocenters. The van der Waals surface area contributed by atoms with E-state index in [-0.39, 0.29) is 5.75 Å². The maximum Gasteiger partial charge on any atom is 0.151 e. The van der Waals surface area contributed by atoms with Crippen molar-refractivity contribution in [2.45, 2.75) is 17.7 Å². The van der Waals surface area contributed by atoms with E-state index in [0.717, 1.165) is 32.4 Å². The Hall–Kier alpha value is -1.85. The van der Waals surface area contributed by atoms with E-state index in [9.17, 15) is 5.11 Å². The third kappa shape index (κ3) is 3.48. The first-order valence-corrected chi connectivity index (χ1v) is 8.92. The van der Waals surface area contributed by atoms with Crippen molar-refractivity contribution in [1.29, 1.82) is 0 Å². The van der Waals surface area contributed by atoms with Crippen LogP contribution >= 0.6 is 23.1 Å². The Morgan fingerprint density at radius 1 is 1.27 bits per heavy atom. The number of aliphatic imine (C=N–C) groups is 1. The van der Waals surface area contributed by atoms with Crippen molar-refractivity contribution in [3.05, 3.63) is 48.0 Å². The van der Waals surface area contributed by atoms with Crippen LogP contribution < -0.4 is 0 Å². The van der Waals surface area contributed by atoms with Gasteiger partial charge in [0, 0.05) is 17.5 Å². The van der Waals surface area contributed by atoms with E-state index in [2.05, 4.69) is 16.9 Å². The Morgan fingerprint density at radius 2 is 2.14 bits per heavy atom. The van der Waals surface area contributed by atoms with Gasteiger partial charge < -0.3 is 5.11 Å². The highest BCUT2D eigenvalue weighted by Gasteiger charge is 2.04. The molecule has 2 aromatic carbocycles. The molecule has 0 radical (unpaired) electrons. The van der Waals surface area contributed by atoms with Crippen molar-refractivity contribution >= 4 is 45.2 Å². The predicted octanol–water partition coefficient (Wildman–Crippen LogP) is 5.25. The first-order valence-electron chi connectivity index (χ1n) is 7.11. The number of aromatic hydroxyl groups is 1. The number of phenols is 1. The number of nitrogens with zero attached hydrogens (tertiary/aromatic N) is 2. The zero-order chi connectivity index (χ0) is 15.4. The van der Waals surface area contributed by atoms with Gasteiger partial charge in [-0.1, -0.05) is 30.8 Å². The molecule has 0 bridgehead atoms. The molecule has 3 rings (SSSR count). The first-order chi connectivity index (χ1) is 10.8. The third-order valence-electron chi connectivity index (χ3n) is 3.07. The molecular formula is C17H16N2OS2. The molecule has 5 heteroatoms. The van der Waals surface area contributed by atoms with Gasteiger partial charge in [-0.15, -0.1) is 11.3 Å². The highest BCUT2D eigenvalue weighted by atomic mass is 32.2. The van der Waals surface area contributed by atoms with Gasteiger partial charge in [-0.2, -0.15) is 0 Å². The van der Waals surface area contributed by atoms with Crippen LogP contribution in [0.25, 0.3) is 10.2 Å². The molecular weight excluding hydrogens is 312 g/mol. The van der Waals surface area contributed by atoms with Crippen LogP contribution in [-0.4, -0.2) is 22.1 Å². The van der Waals surface area contributed by atoms with Crippen molar-refractivity contribution in [3.63, 3.8) is 0 Å². The summed E-state index contributed by atoms with van der Waals surface area (Å²) in [6.45, 7) is 2.17. The molecule has 22 heavy (non-hydrogen) atoms. The molecule has 1 aromatic heterocycles. The fourth-order valence-corrected chi connectivity index (χ4v) is 3.99. The number of thioether (sulfide) groups is 1. The smallest absolute Gasteiger partial charge is 0.151 e. The Balaban J connectivity index is 1.84. The standard InChI is InChI=1S/C17H16N2OS2/c1-2-9-21-17-19-14-8-7-13(10-16(14)22-17)18-11-12-5-3-4-6-15(12)20/h3-8,10-11,20H,2,9H2,1H3. The average molecular weight is 328 g/mol. The summed E-state index contributed by atoms with van der Waals surface area (Å²) in [7, 11) is 0. The maximum absolute atomic E-state index is 9.74. The van der Waals surface area contributed by atoms with E-state index >= 15 is 0 Å². The SMILES string of the molecule is CCCSc1nc2ccc(N=Cc3ccccc3O)cc2s1. The summed E-state index contributed by atoms with van der Waals surface area (Å²) in [5, 5.41) is 9.74. The van der Waals surface area contributed by atoms with Crippen LogP contribution in [0.4, 0.5) is 5.69 Å². The molecule has 0 spiro atoms. The number of aromatic nitrogens is 1. The largest absolute Gasteiger partial charge is 0.507 e. The van der Waals surface area contributed by atoms with E-state index < -0.39 is 0 Å². The van der Waals surface area contributed by atoms with Gasteiger partial charge in [0.05, 0.1) is 15.9 Å². The lowest BCUT2D eigenvalue weighted by Crippen LogP contribution is -1.80. The number of hydrogen-bond acceptors (Lipinski definition) is 5. The van der Waals surface area contributed by atoms with E-state index in [1.165, 1.54) is 0 Å². The second-order valence-electron chi connectivity index (χ2n) is 4.80. The molecule has 1 heterocycles. The minimum Gasteiger partial charge on any atom is -0.507 e.